The zero-order valence-corrected chi connectivity index (χ0v) is 9.04. The van der Waals surface area contributed by atoms with Gasteiger partial charge in [0.05, 0.1) is 11.6 Å². The predicted octanol–water partition coefficient (Wildman–Crippen LogP) is 3.17. The Kier molecular flexibility index (Phi) is 3.64. The van der Waals surface area contributed by atoms with Gasteiger partial charge in [-0.3, -0.25) is 4.98 Å². The van der Waals surface area contributed by atoms with E-state index in [4.69, 9.17) is 5.26 Å². The van der Waals surface area contributed by atoms with Crippen LogP contribution in [0.3, 0.4) is 0 Å². The van der Waals surface area contributed by atoms with Gasteiger partial charge in [-0.15, -0.1) is 0 Å². The van der Waals surface area contributed by atoms with Crippen LogP contribution in [-0.2, 0) is 0 Å². The molecule has 2 rings (SSSR count). The van der Waals surface area contributed by atoms with Crippen molar-refractivity contribution in [2.24, 2.45) is 0 Å². The van der Waals surface area contributed by atoms with Crippen molar-refractivity contribution in [2.45, 2.75) is 39.5 Å². The standard InChI is InChI=1S/C10H10N2.C2H6/c1-7-4-9(5-11)10(6-12-7)8-2-3-8;1-2/h4,6,8H,2-3H2,1H3;1-2H3. The molecule has 0 unspecified atom stereocenters. The maximum absolute atomic E-state index is 8.84. The van der Waals surface area contributed by atoms with E-state index >= 15 is 0 Å². The van der Waals surface area contributed by atoms with Crippen molar-refractivity contribution in [3.63, 3.8) is 0 Å². The fraction of sp³-hybridized carbons (Fsp3) is 0.500. The van der Waals surface area contributed by atoms with Crippen molar-refractivity contribution in [1.82, 2.24) is 4.98 Å². The molecule has 0 aromatic carbocycles. The lowest BCUT2D eigenvalue weighted by Crippen LogP contribution is -1.91. The van der Waals surface area contributed by atoms with Gasteiger partial charge in [-0.2, -0.15) is 5.26 Å². The number of hydrogen-bond acceptors (Lipinski definition) is 2. The topological polar surface area (TPSA) is 36.7 Å². The van der Waals surface area contributed by atoms with Gasteiger partial charge in [-0.25, -0.2) is 0 Å². The lowest BCUT2D eigenvalue weighted by atomic mass is 10.1. The molecular weight excluding hydrogens is 172 g/mol. The summed E-state index contributed by atoms with van der Waals surface area (Å²) in [6, 6.07) is 4.09. The molecule has 2 nitrogen and oxygen atoms in total. The van der Waals surface area contributed by atoms with Crippen molar-refractivity contribution < 1.29 is 0 Å². The van der Waals surface area contributed by atoms with Crippen molar-refractivity contribution in [2.75, 3.05) is 0 Å². The summed E-state index contributed by atoms with van der Waals surface area (Å²) in [6.07, 6.45) is 4.30. The lowest BCUT2D eigenvalue weighted by Gasteiger charge is -2.00. The molecule has 0 atom stereocenters. The normalized spacial score (nSPS) is 13.9. The van der Waals surface area contributed by atoms with Crippen molar-refractivity contribution >= 4 is 0 Å². The van der Waals surface area contributed by atoms with Gasteiger partial charge >= 0.3 is 0 Å². The number of rotatable bonds is 1. The van der Waals surface area contributed by atoms with Gasteiger partial charge in [0, 0.05) is 11.9 Å². The molecule has 1 aliphatic carbocycles. The molecule has 0 N–H and O–H groups in total. The second kappa shape index (κ2) is 4.76. The third kappa shape index (κ3) is 2.32. The summed E-state index contributed by atoms with van der Waals surface area (Å²) in [7, 11) is 0. The summed E-state index contributed by atoms with van der Waals surface area (Å²) in [6.45, 7) is 5.91. The predicted molar refractivity (Wildman–Crippen MR) is 57.0 cm³/mol. The lowest BCUT2D eigenvalue weighted by molar-refractivity contribution is 1.06. The first-order valence-electron chi connectivity index (χ1n) is 5.18. The molecule has 14 heavy (non-hydrogen) atoms. The third-order valence-electron chi connectivity index (χ3n) is 2.21. The van der Waals surface area contributed by atoms with E-state index in [1.807, 2.05) is 33.0 Å². The highest BCUT2D eigenvalue weighted by atomic mass is 14.7. The van der Waals surface area contributed by atoms with Crippen LogP contribution in [0.15, 0.2) is 12.3 Å². The van der Waals surface area contributed by atoms with E-state index in [1.54, 1.807) is 0 Å². The zero-order chi connectivity index (χ0) is 10.6. The van der Waals surface area contributed by atoms with Gasteiger partial charge < -0.3 is 0 Å². The monoisotopic (exact) mass is 188 g/mol. The summed E-state index contributed by atoms with van der Waals surface area (Å²) in [5.41, 5.74) is 2.88. The smallest absolute Gasteiger partial charge is 0.0995 e. The van der Waals surface area contributed by atoms with Crippen LogP contribution in [0.2, 0.25) is 0 Å². The number of aryl methyl sites for hydroxylation is 1. The van der Waals surface area contributed by atoms with Gasteiger partial charge in [-0.1, -0.05) is 13.8 Å². The van der Waals surface area contributed by atoms with E-state index in [-0.39, 0.29) is 0 Å². The Bertz CT molecular complexity index is 346. The van der Waals surface area contributed by atoms with E-state index < -0.39 is 0 Å². The summed E-state index contributed by atoms with van der Waals surface area (Å²) in [5.74, 6) is 0.618. The molecule has 1 aliphatic rings. The minimum Gasteiger partial charge on any atom is -0.261 e. The Morgan fingerprint density at radius 3 is 2.57 bits per heavy atom. The van der Waals surface area contributed by atoms with Gasteiger partial charge in [0.15, 0.2) is 0 Å². The maximum atomic E-state index is 8.84. The van der Waals surface area contributed by atoms with Crippen LogP contribution in [0, 0.1) is 18.3 Å². The first kappa shape index (κ1) is 10.7. The van der Waals surface area contributed by atoms with E-state index in [1.165, 1.54) is 12.8 Å². The zero-order valence-electron chi connectivity index (χ0n) is 9.04. The molecule has 1 fully saturated rings. The largest absolute Gasteiger partial charge is 0.261 e. The maximum Gasteiger partial charge on any atom is 0.0995 e. The van der Waals surface area contributed by atoms with Crippen LogP contribution in [0.25, 0.3) is 0 Å². The Morgan fingerprint density at radius 1 is 1.43 bits per heavy atom. The molecule has 74 valence electrons. The van der Waals surface area contributed by atoms with Crippen molar-refractivity contribution in [1.29, 1.82) is 5.26 Å². The number of hydrogen-bond donors (Lipinski definition) is 0. The fourth-order valence-electron chi connectivity index (χ4n) is 1.39. The van der Waals surface area contributed by atoms with Crippen LogP contribution in [-0.4, -0.2) is 4.98 Å². The number of nitrogens with zero attached hydrogens (tertiary/aromatic N) is 2. The van der Waals surface area contributed by atoms with Gasteiger partial charge in [0.2, 0.25) is 0 Å². The van der Waals surface area contributed by atoms with Gasteiger partial charge in [0.1, 0.15) is 0 Å². The van der Waals surface area contributed by atoms with E-state index in [0.717, 1.165) is 16.8 Å². The molecule has 0 amide bonds. The number of nitriles is 1. The third-order valence-corrected chi connectivity index (χ3v) is 2.21. The quantitative estimate of drug-likeness (QED) is 0.678. The molecule has 0 radical (unpaired) electrons. The van der Waals surface area contributed by atoms with Crippen LogP contribution in [0.4, 0.5) is 0 Å². The Morgan fingerprint density at radius 2 is 2.07 bits per heavy atom. The Labute approximate surface area is 85.6 Å². The van der Waals surface area contributed by atoms with E-state index in [0.29, 0.717) is 5.92 Å². The average molecular weight is 188 g/mol. The second-order valence-electron chi connectivity index (χ2n) is 3.30. The van der Waals surface area contributed by atoms with E-state index in [9.17, 15) is 0 Å². The van der Waals surface area contributed by atoms with E-state index in [2.05, 4.69) is 11.1 Å². The average Bonchev–Trinajstić information content (AvgIpc) is 3.04. The highest BCUT2D eigenvalue weighted by Crippen LogP contribution is 2.41. The fourth-order valence-corrected chi connectivity index (χ4v) is 1.39. The van der Waals surface area contributed by atoms with Crippen LogP contribution in [0.5, 0.6) is 0 Å². The molecule has 1 saturated carbocycles. The number of aromatic nitrogens is 1. The second-order valence-corrected chi connectivity index (χ2v) is 3.30. The van der Waals surface area contributed by atoms with Crippen LogP contribution in [0.1, 0.15) is 49.4 Å². The van der Waals surface area contributed by atoms with Crippen LogP contribution >= 0.6 is 0 Å². The summed E-state index contributed by atoms with van der Waals surface area (Å²) in [4.78, 5) is 4.20. The summed E-state index contributed by atoms with van der Waals surface area (Å²) in [5, 5.41) is 8.84. The van der Waals surface area contributed by atoms with Crippen molar-refractivity contribution in [3.05, 3.63) is 29.1 Å². The van der Waals surface area contributed by atoms with Gasteiger partial charge in [0.25, 0.3) is 0 Å². The Hall–Kier alpha value is -1.36. The molecule has 1 aromatic heterocycles. The minimum absolute atomic E-state index is 0.618. The summed E-state index contributed by atoms with van der Waals surface area (Å²) >= 11 is 0. The minimum atomic E-state index is 0.618. The molecule has 0 bridgehead atoms. The molecule has 1 heterocycles. The van der Waals surface area contributed by atoms with Crippen LogP contribution < -0.4 is 0 Å². The summed E-state index contributed by atoms with van der Waals surface area (Å²) < 4.78 is 0. The highest BCUT2D eigenvalue weighted by molar-refractivity contribution is 5.40. The molecule has 0 saturated heterocycles. The SMILES string of the molecule is CC.Cc1cc(C#N)c(C2CC2)cn1. The number of pyridine rings is 1. The molecule has 2 heteroatoms. The highest BCUT2D eigenvalue weighted by Gasteiger charge is 2.26. The molecule has 1 aromatic rings. The first-order valence-corrected chi connectivity index (χ1v) is 5.18. The van der Waals surface area contributed by atoms with Crippen molar-refractivity contribution in [3.8, 4) is 6.07 Å². The first-order chi connectivity index (χ1) is 6.81. The molecule has 0 aliphatic heterocycles. The molecular formula is C12H16N2. The molecule has 0 spiro atoms. The van der Waals surface area contributed by atoms with Gasteiger partial charge in [-0.05, 0) is 37.3 Å². The Balaban J connectivity index is 0.000000461.